The summed E-state index contributed by atoms with van der Waals surface area (Å²) < 4.78 is 12.0. The summed E-state index contributed by atoms with van der Waals surface area (Å²) in [7, 11) is 1.29. The van der Waals surface area contributed by atoms with Gasteiger partial charge in [0.05, 0.1) is 36.3 Å². The van der Waals surface area contributed by atoms with Gasteiger partial charge in [-0.2, -0.15) is 9.78 Å². The highest BCUT2D eigenvalue weighted by Crippen LogP contribution is 2.31. The molecule has 2 atom stereocenters. The van der Waals surface area contributed by atoms with Crippen LogP contribution in [0, 0.1) is 0 Å². The summed E-state index contributed by atoms with van der Waals surface area (Å²) in [6.45, 7) is 3.10. The number of hydrogen-bond donors (Lipinski definition) is 0. The van der Waals surface area contributed by atoms with E-state index in [2.05, 4.69) is 5.10 Å². The lowest BCUT2D eigenvalue weighted by atomic mass is 10.1. The number of methoxy groups -OCH3 is 1. The molecule has 0 radical (unpaired) electrons. The third-order valence-corrected chi connectivity index (χ3v) is 5.57. The molecule has 0 bridgehead atoms. The van der Waals surface area contributed by atoms with Crippen molar-refractivity contribution in [3.05, 3.63) is 87.3 Å². The van der Waals surface area contributed by atoms with Crippen LogP contribution in [0.5, 0.6) is 0 Å². The molecule has 160 valence electrons. The number of rotatable bonds is 4. The van der Waals surface area contributed by atoms with Gasteiger partial charge in [0.2, 0.25) is 0 Å². The normalized spacial score (nSPS) is 18.6. The van der Waals surface area contributed by atoms with E-state index in [1.165, 1.54) is 7.11 Å². The summed E-state index contributed by atoms with van der Waals surface area (Å²) in [5.41, 5.74) is 1.63. The topological polar surface area (TPSA) is 73.7 Å². The van der Waals surface area contributed by atoms with Gasteiger partial charge >= 0.3 is 5.97 Å². The summed E-state index contributed by atoms with van der Waals surface area (Å²) in [5, 5.41) is 4.35. The van der Waals surface area contributed by atoms with Crippen molar-refractivity contribution in [3.8, 4) is 5.69 Å². The van der Waals surface area contributed by atoms with Gasteiger partial charge in [0, 0.05) is 13.1 Å². The van der Waals surface area contributed by atoms with Crippen LogP contribution in [-0.4, -0.2) is 42.1 Å². The number of ether oxygens (including phenoxy) is 2. The Morgan fingerprint density at radius 1 is 1.10 bits per heavy atom. The highest BCUT2D eigenvalue weighted by Gasteiger charge is 2.29. The highest BCUT2D eigenvalue weighted by atomic mass is 35.5. The molecule has 0 saturated carbocycles. The Labute approximate surface area is 184 Å². The molecule has 1 aromatic heterocycles. The number of aromatic nitrogens is 2. The summed E-state index contributed by atoms with van der Waals surface area (Å²) in [5.74, 6) is -0.558. The lowest BCUT2D eigenvalue weighted by Crippen LogP contribution is -2.43. The van der Waals surface area contributed by atoms with Crippen molar-refractivity contribution in [3.63, 3.8) is 0 Å². The molecule has 1 aliphatic rings. The first-order valence-corrected chi connectivity index (χ1v) is 10.3. The molecule has 0 amide bonds. The van der Waals surface area contributed by atoms with Crippen molar-refractivity contribution in [2.75, 3.05) is 25.1 Å². The minimum absolute atomic E-state index is 0.0376. The Hall–Kier alpha value is -3.16. The Balaban J connectivity index is 1.70. The molecule has 31 heavy (non-hydrogen) atoms. The molecule has 2 unspecified atom stereocenters. The van der Waals surface area contributed by atoms with Crippen LogP contribution in [-0.2, 0) is 9.47 Å². The fourth-order valence-corrected chi connectivity index (χ4v) is 4.01. The molecule has 7 nitrogen and oxygen atoms in total. The molecule has 1 saturated heterocycles. The first-order chi connectivity index (χ1) is 15.0. The number of para-hydroxylation sites is 1. The smallest absolute Gasteiger partial charge is 0.340 e. The van der Waals surface area contributed by atoms with Crippen LogP contribution in [0.25, 0.3) is 5.69 Å². The summed E-state index contributed by atoms with van der Waals surface area (Å²) >= 11 is 6.52. The quantitative estimate of drug-likeness (QED) is 0.578. The van der Waals surface area contributed by atoms with E-state index in [1.807, 2.05) is 42.2 Å². The van der Waals surface area contributed by atoms with Crippen LogP contribution in [0.1, 0.15) is 28.9 Å². The van der Waals surface area contributed by atoms with E-state index in [9.17, 15) is 9.59 Å². The SMILES string of the molecule is COC(=O)c1ccccc1-n1ncc(N2CC(C)OC(c3ccccc3)C2)c(Cl)c1=O. The molecule has 0 aliphatic carbocycles. The molecule has 1 fully saturated rings. The molecule has 2 aromatic carbocycles. The lowest BCUT2D eigenvalue weighted by Gasteiger charge is -2.38. The fourth-order valence-electron chi connectivity index (χ4n) is 3.76. The molecule has 0 spiro atoms. The highest BCUT2D eigenvalue weighted by molar-refractivity contribution is 6.33. The van der Waals surface area contributed by atoms with Crippen molar-refractivity contribution in [1.29, 1.82) is 0 Å². The second-order valence-corrected chi connectivity index (χ2v) is 7.70. The number of morpholine rings is 1. The van der Waals surface area contributed by atoms with Crippen LogP contribution in [0.4, 0.5) is 5.69 Å². The molecule has 4 rings (SSSR count). The van der Waals surface area contributed by atoms with Crippen LogP contribution in [0.3, 0.4) is 0 Å². The van der Waals surface area contributed by atoms with E-state index in [-0.39, 0.29) is 22.8 Å². The van der Waals surface area contributed by atoms with Crippen molar-refractivity contribution in [2.45, 2.75) is 19.1 Å². The molecule has 1 aliphatic heterocycles. The van der Waals surface area contributed by atoms with Gasteiger partial charge < -0.3 is 14.4 Å². The number of halogens is 1. The second-order valence-electron chi connectivity index (χ2n) is 7.32. The Bertz CT molecular complexity index is 1150. The average Bonchev–Trinajstić information content (AvgIpc) is 2.80. The maximum atomic E-state index is 13.1. The largest absolute Gasteiger partial charge is 0.465 e. The first kappa shape index (κ1) is 21.1. The zero-order chi connectivity index (χ0) is 22.0. The Kier molecular flexibility index (Phi) is 6.06. The third-order valence-electron chi connectivity index (χ3n) is 5.21. The molecule has 8 heteroatoms. The van der Waals surface area contributed by atoms with E-state index >= 15 is 0 Å². The summed E-state index contributed by atoms with van der Waals surface area (Å²) in [6.07, 6.45) is 1.35. The average molecular weight is 440 g/mol. The van der Waals surface area contributed by atoms with Crippen molar-refractivity contribution < 1.29 is 14.3 Å². The van der Waals surface area contributed by atoms with E-state index in [4.69, 9.17) is 21.1 Å². The van der Waals surface area contributed by atoms with Gasteiger partial charge in [0.1, 0.15) is 11.1 Å². The number of anilines is 1. The molecular weight excluding hydrogens is 418 g/mol. The summed E-state index contributed by atoms with van der Waals surface area (Å²) in [6, 6.07) is 16.5. The number of carbonyl (C=O) groups excluding carboxylic acids is 1. The monoisotopic (exact) mass is 439 g/mol. The minimum atomic E-state index is -0.558. The lowest BCUT2D eigenvalue weighted by molar-refractivity contribution is -0.0174. The number of carbonyl (C=O) groups is 1. The van der Waals surface area contributed by atoms with Gasteiger partial charge in [-0.05, 0) is 24.6 Å². The predicted molar refractivity (Wildman–Crippen MR) is 118 cm³/mol. The van der Waals surface area contributed by atoms with E-state index in [0.29, 0.717) is 24.5 Å². The van der Waals surface area contributed by atoms with Crippen LogP contribution in [0.15, 0.2) is 65.6 Å². The van der Waals surface area contributed by atoms with Gasteiger partial charge in [0.25, 0.3) is 5.56 Å². The van der Waals surface area contributed by atoms with Crippen LogP contribution < -0.4 is 10.5 Å². The van der Waals surface area contributed by atoms with E-state index < -0.39 is 11.5 Å². The molecular formula is C23H22ClN3O4. The van der Waals surface area contributed by atoms with Gasteiger partial charge in [-0.25, -0.2) is 4.79 Å². The number of esters is 1. The van der Waals surface area contributed by atoms with Gasteiger partial charge in [-0.1, -0.05) is 54.1 Å². The molecule has 3 aromatic rings. The Morgan fingerprint density at radius 3 is 2.55 bits per heavy atom. The molecule has 0 N–H and O–H groups in total. The van der Waals surface area contributed by atoms with Crippen molar-refractivity contribution in [2.24, 2.45) is 0 Å². The van der Waals surface area contributed by atoms with Gasteiger partial charge in [-0.15, -0.1) is 0 Å². The number of hydrogen-bond acceptors (Lipinski definition) is 6. The fraction of sp³-hybridized carbons (Fsp3) is 0.261. The third kappa shape index (κ3) is 4.19. The Morgan fingerprint density at radius 2 is 1.81 bits per heavy atom. The zero-order valence-corrected chi connectivity index (χ0v) is 18.0. The zero-order valence-electron chi connectivity index (χ0n) is 17.2. The minimum Gasteiger partial charge on any atom is -0.465 e. The molecule has 2 heterocycles. The van der Waals surface area contributed by atoms with Crippen molar-refractivity contribution in [1.82, 2.24) is 9.78 Å². The van der Waals surface area contributed by atoms with Gasteiger partial charge in [-0.3, -0.25) is 4.79 Å². The maximum Gasteiger partial charge on any atom is 0.340 e. The van der Waals surface area contributed by atoms with Crippen LogP contribution in [0.2, 0.25) is 5.02 Å². The van der Waals surface area contributed by atoms with E-state index in [0.717, 1.165) is 10.2 Å². The van der Waals surface area contributed by atoms with Gasteiger partial charge in [0.15, 0.2) is 0 Å². The van der Waals surface area contributed by atoms with Crippen molar-refractivity contribution >= 4 is 23.3 Å². The number of nitrogens with zero attached hydrogens (tertiary/aromatic N) is 3. The second kappa shape index (κ2) is 8.91. The van der Waals surface area contributed by atoms with Crippen LogP contribution >= 0.6 is 11.6 Å². The standard InChI is InChI=1S/C23H22ClN3O4/c1-15-13-26(14-20(31-15)16-8-4-3-5-9-16)19-12-25-27(22(28)21(19)24)18-11-7-6-10-17(18)23(29)30-2/h3-12,15,20H,13-14H2,1-2H3. The number of benzene rings is 2. The summed E-state index contributed by atoms with van der Waals surface area (Å²) in [4.78, 5) is 27.2. The predicted octanol–water partition coefficient (Wildman–Crippen LogP) is 3.64. The maximum absolute atomic E-state index is 13.1. The van der Waals surface area contributed by atoms with E-state index in [1.54, 1.807) is 30.5 Å². The first-order valence-electron chi connectivity index (χ1n) is 9.90.